The van der Waals surface area contributed by atoms with E-state index in [4.69, 9.17) is 37.0 Å². The van der Waals surface area contributed by atoms with E-state index >= 15 is 0 Å². The van der Waals surface area contributed by atoms with Crippen molar-refractivity contribution in [3.8, 4) is 0 Å². The number of allylic oxidation sites excluding steroid dienone is 4. The molecule has 0 rings (SSSR count). The van der Waals surface area contributed by atoms with Gasteiger partial charge < -0.3 is 33.8 Å². The zero-order chi connectivity index (χ0) is 72.7. The Bertz CT molecular complexity index is 1990. The maximum atomic E-state index is 13.1. The van der Waals surface area contributed by atoms with Gasteiger partial charge in [0.15, 0.2) is 12.2 Å². The molecule has 0 aromatic carbocycles. The van der Waals surface area contributed by atoms with Crippen LogP contribution in [0.3, 0.4) is 0 Å². The number of phosphoric acid groups is 2. The van der Waals surface area contributed by atoms with Gasteiger partial charge >= 0.3 is 39.5 Å². The molecule has 0 amide bonds. The molecule has 0 fully saturated rings. The van der Waals surface area contributed by atoms with E-state index in [1.807, 2.05) is 0 Å². The highest BCUT2D eigenvalue weighted by molar-refractivity contribution is 7.47. The lowest BCUT2D eigenvalue weighted by atomic mass is 10.0. The van der Waals surface area contributed by atoms with Gasteiger partial charge in [-0.2, -0.15) is 0 Å². The number of aliphatic hydroxyl groups is 1. The van der Waals surface area contributed by atoms with E-state index in [0.29, 0.717) is 25.7 Å². The van der Waals surface area contributed by atoms with Crippen molar-refractivity contribution in [3.05, 3.63) is 24.3 Å². The highest BCUT2D eigenvalue weighted by Crippen LogP contribution is 2.45. The number of carbonyl (C=O) groups excluding carboxylic acids is 4. The molecule has 0 saturated carbocycles. The molecule has 0 aromatic rings. The number of carbonyl (C=O) groups is 4. The highest BCUT2D eigenvalue weighted by atomic mass is 31.2. The standard InChI is InChI=1S/C80H152O17P2/c1-6-9-12-15-18-21-24-27-30-31-32-35-38-41-44-51-56-61-66-79(84)96-75(69-90-77(82)63-58-53-48-42-39-36-33-28-25-22-19-16-13-10-7-2)71-94-98(86,87)92-67-74(81)68-93-99(88,89)95-72-76(70-91-78(83)64-59-54-49-46-45-47-52-57-62-73(4)5)97-80(85)65-60-55-50-43-40-37-34-29-26-23-20-17-14-11-8-3/h22,25,28,33,73-76,81H,6-21,23-24,26-27,29-32,34-72H2,1-5H3,(H,86,87)(H,88,89)/b25-22-,33-28-/t74-,75-,76-/m1/s1. The molecule has 19 heteroatoms. The molecule has 0 aromatic heterocycles. The Labute approximate surface area is 605 Å². The second-order valence-corrected chi connectivity index (χ2v) is 31.5. The summed E-state index contributed by atoms with van der Waals surface area (Å²) in [5.74, 6) is -1.41. The summed E-state index contributed by atoms with van der Waals surface area (Å²) in [5, 5.41) is 10.6. The summed E-state index contributed by atoms with van der Waals surface area (Å²) in [6.45, 7) is 7.23. The fraction of sp³-hybridized carbons (Fsp3) is 0.900. The van der Waals surface area contributed by atoms with Crippen LogP contribution in [0.1, 0.15) is 401 Å². The highest BCUT2D eigenvalue weighted by Gasteiger charge is 2.30. The van der Waals surface area contributed by atoms with Gasteiger partial charge in [0.25, 0.3) is 0 Å². The number of hydrogen-bond acceptors (Lipinski definition) is 15. The van der Waals surface area contributed by atoms with Crippen LogP contribution in [0.25, 0.3) is 0 Å². The summed E-state index contributed by atoms with van der Waals surface area (Å²) in [6, 6.07) is 0. The van der Waals surface area contributed by atoms with Gasteiger partial charge in [0, 0.05) is 25.7 Å². The molecule has 0 spiro atoms. The average Bonchev–Trinajstić information content (AvgIpc) is 1.01. The van der Waals surface area contributed by atoms with E-state index in [1.165, 1.54) is 205 Å². The van der Waals surface area contributed by atoms with Crippen LogP contribution in [0.15, 0.2) is 24.3 Å². The third-order valence-corrected chi connectivity index (χ3v) is 20.1. The Morgan fingerprint density at radius 2 is 0.545 bits per heavy atom. The van der Waals surface area contributed by atoms with E-state index in [0.717, 1.165) is 115 Å². The summed E-state index contributed by atoms with van der Waals surface area (Å²) < 4.78 is 68.6. The van der Waals surface area contributed by atoms with Crippen molar-refractivity contribution in [1.82, 2.24) is 0 Å². The minimum Gasteiger partial charge on any atom is -0.462 e. The van der Waals surface area contributed by atoms with Crippen LogP contribution in [-0.2, 0) is 65.4 Å². The first kappa shape index (κ1) is 96.5. The summed E-state index contributed by atoms with van der Waals surface area (Å²) in [6.07, 6.45) is 66.0. The van der Waals surface area contributed by atoms with E-state index in [1.54, 1.807) is 0 Å². The molecular formula is C80H152O17P2. The number of esters is 4. The van der Waals surface area contributed by atoms with Gasteiger partial charge in [0.2, 0.25) is 0 Å². The number of rotatable bonds is 78. The summed E-state index contributed by atoms with van der Waals surface area (Å²) >= 11 is 0. The van der Waals surface area contributed by atoms with Crippen molar-refractivity contribution in [2.45, 2.75) is 419 Å². The van der Waals surface area contributed by atoms with Crippen LogP contribution in [0.4, 0.5) is 0 Å². The van der Waals surface area contributed by atoms with Crippen LogP contribution < -0.4 is 0 Å². The molecule has 3 N–H and O–H groups in total. The van der Waals surface area contributed by atoms with Gasteiger partial charge in [-0.3, -0.25) is 37.3 Å². The van der Waals surface area contributed by atoms with Crippen LogP contribution in [0.5, 0.6) is 0 Å². The molecular weight excluding hydrogens is 1290 g/mol. The fourth-order valence-corrected chi connectivity index (χ4v) is 13.4. The van der Waals surface area contributed by atoms with Gasteiger partial charge in [-0.1, -0.05) is 348 Å². The molecule has 584 valence electrons. The number of aliphatic hydroxyl groups excluding tert-OH is 1. The lowest BCUT2D eigenvalue weighted by molar-refractivity contribution is -0.161. The van der Waals surface area contributed by atoms with Gasteiger partial charge in [0.1, 0.15) is 19.3 Å². The van der Waals surface area contributed by atoms with Crippen molar-refractivity contribution in [2.75, 3.05) is 39.6 Å². The molecule has 5 atom stereocenters. The first-order chi connectivity index (χ1) is 48.0. The first-order valence-electron chi connectivity index (χ1n) is 41.0. The third-order valence-electron chi connectivity index (χ3n) is 18.2. The molecule has 0 aliphatic rings. The molecule has 99 heavy (non-hydrogen) atoms. The SMILES string of the molecule is CCCCCC/C=C\C=C/CCCCCCCC(=O)OC[C@H](COP(=O)(O)OC[C@@H](O)COP(=O)(O)OC[C@@H](COC(=O)CCCCCCCCCCC(C)C)OC(=O)CCCCCCCCCCCCCCCCC)OC(=O)CCCCCCCCCCCCCCCCCCCC. The lowest BCUT2D eigenvalue weighted by Crippen LogP contribution is -2.30. The Morgan fingerprint density at radius 3 is 0.828 bits per heavy atom. The van der Waals surface area contributed by atoms with E-state index in [-0.39, 0.29) is 25.7 Å². The van der Waals surface area contributed by atoms with Crippen LogP contribution in [-0.4, -0.2) is 96.7 Å². The zero-order valence-electron chi connectivity index (χ0n) is 64.1. The van der Waals surface area contributed by atoms with Crippen molar-refractivity contribution in [2.24, 2.45) is 5.92 Å². The molecule has 0 aliphatic carbocycles. The lowest BCUT2D eigenvalue weighted by Gasteiger charge is -2.21. The number of phosphoric ester groups is 2. The molecule has 2 unspecified atom stereocenters. The van der Waals surface area contributed by atoms with E-state index in [9.17, 15) is 43.2 Å². The second kappa shape index (κ2) is 72.5. The van der Waals surface area contributed by atoms with E-state index < -0.39 is 97.5 Å². The molecule has 0 heterocycles. The predicted molar refractivity (Wildman–Crippen MR) is 404 cm³/mol. The largest absolute Gasteiger partial charge is 0.472 e. The maximum absolute atomic E-state index is 13.1. The maximum Gasteiger partial charge on any atom is 0.472 e. The van der Waals surface area contributed by atoms with Gasteiger partial charge in [0.05, 0.1) is 26.4 Å². The van der Waals surface area contributed by atoms with Crippen LogP contribution in [0, 0.1) is 5.92 Å². The summed E-state index contributed by atoms with van der Waals surface area (Å²) in [4.78, 5) is 73.0. The van der Waals surface area contributed by atoms with E-state index in [2.05, 4.69) is 58.9 Å². The van der Waals surface area contributed by atoms with Crippen molar-refractivity contribution < 1.29 is 80.2 Å². The fourth-order valence-electron chi connectivity index (χ4n) is 11.9. The van der Waals surface area contributed by atoms with Gasteiger partial charge in [-0.25, -0.2) is 9.13 Å². The normalized spacial score (nSPS) is 14.0. The third kappa shape index (κ3) is 73.6. The molecule has 0 saturated heterocycles. The van der Waals surface area contributed by atoms with Crippen molar-refractivity contribution in [1.29, 1.82) is 0 Å². The Hall–Kier alpha value is -2.46. The summed E-state index contributed by atoms with van der Waals surface area (Å²) in [7, 11) is -9.93. The topological polar surface area (TPSA) is 237 Å². The number of unbranched alkanes of at least 4 members (excludes halogenated alkanes) is 47. The van der Waals surface area contributed by atoms with Gasteiger partial charge in [-0.05, 0) is 57.3 Å². The molecule has 17 nitrogen and oxygen atoms in total. The molecule has 0 bridgehead atoms. The minimum atomic E-state index is -4.97. The number of hydrogen-bond donors (Lipinski definition) is 3. The Kier molecular flexibility index (Phi) is 70.7. The monoisotopic (exact) mass is 1450 g/mol. The molecule has 0 aliphatic heterocycles. The molecule has 0 radical (unpaired) electrons. The second-order valence-electron chi connectivity index (χ2n) is 28.6. The average molecular weight is 1450 g/mol. The zero-order valence-corrected chi connectivity index (χ0v) is 65.9. The van der Waals surface area contributed by atoms with Crippen LogP contribution >= 0.6 is 15.6 Å². The minimum absolute atomic E-state index is 0.102. The van der Waals surface area contributed by atoms with Crippen molar-refractivity contribution in [3.63, 3.8) is 0 Å². The smallest absolute Gasteiger partial charge is 0.462 e. The first-order valence-corrected chi connectivity index (χ1v) is 43.9. The quantitative estimate of drug-likeness (QED) is 0.0169. The Balaban J connectivity index is 5.28. The van der Waals surface area contributed by atoms with Gasteiger partial charge in [-0.15, -0.1) is 0 Å². The summed E-state index contributed by atoms with van der Waals surface area (Å²) in [5.41, 5.74) is 0. The van der Waals surface area contributed by atoms with Crippen LogP contribution in [0.2, 0.25) is 0 Å². The van der Waals surface area contributed by atoms with Crippen molar-refractivity contribution >= 4 is 39.5 Å². The number of ether oxygens (including phenoxy) is 4. The predicted octanol–water partition coefficient (Wildman–Crippen LogP) is 23.6. The Morgan fingerprint density at radius 1 is 0.313 bits per heavy atom.